The number of nitrogens with one attached hydrogen (secondary N) is 2. The van der Waals surface area contributed by atoms with Crippen molar-refractivity contribution in [2.45, 2.75) is 25.2 Å². The molecule has 24 heavy (non-hydrogen) atoms. The van der Waals surface area contributed by atoms with E-state index in [1.807, 2.05) is 30.3 Å². The summed E-state index contributed by atoms with van der Waals surface area (Å²) in [5.74, 6) is -0.654. The molecule has 1 saturated heterocycles. The predicted molar refractivity (Wildman–Crippen MR) is 84.8 cm³/mol. The number of anilines is 1. The van der Waals surface area contributed by atoms with Gasteiger partial charge >= 0.3 is 0 Å². The molecule has 124 valence electrons. The first-order chi connectivity index (χ1) is 11.5. The van der Waals surface area contributed by atoms with Crippen LogP contribution in [0.15, 0.2) is 36.7 Å². The molecule has 1 aliphatic heterocycles. The molecule has 1 aliphatic rings. The highest BCUT2D eigenvalue weighted by Gasteiger charge is 2.49. The van der Waals surface area contributed by atoms with Crippen LogP contribution in [0.4, 0.5) is 5.95 Å². The first-order valence-electron chi connectivity index (χ1n) is 7.56. The van der Waals surface area contributed by atoms with E-state index in [2.05, 4.69) is 20.5 Å². The number of aromatic amines is 1. The Morgan fingerprint density at radius 3 is 2.75 bits per heavy atom. The average molecular weight is 327 g/mol. The predicted octanol–water partition coefficient (Wildman–Crippen LogP) is 0.850. The lowest BCUT2D eigenvalue weighted by atomic mass is 9.81. The zero-order valence-corrected chi connectivity index (χ0v) is 13.2. The van der Waals surface area contributed by atoms with Crippen molar-refractivity contribution in [3.8, 4) is 0 Å². The fraction of sp³-hybridized carbons (Fsp3) is 0.312. The van der Waals surface area contributed by atoms with Crippen molar-refractivity contribution in [3.63, 3.8) is 0 Å². The second-order valence-electron chi connectivity index (χ2n) is 5.86. The summed E-state index contributed by atoms with van der Waals surface area (Å²) in [5.41, 5.74) is -0.0725. The maximum Gasteiger partial charge on any atom is 0.240 e. The zero-order valence-electron chi connectivity index (χ0n) is 13.2. The minimum Gasteiger partial charge on any atom is -0.295 e. The van der Waals surface area contributed by atoms with Crippen molar-refractivity contribution < 1.29 is 14.4 Å². The van der Waals surface area contributed by atoms with Gasteiger partial charge in [-0.05, 0) is 12.5 Å². The van der Waals surface area contributed by atoms with E-state index >= 15 is 0 Å². The maximum absolute atomic E-state index is 12.7. The molecular formula is C16H17N5O3. The lowest BCUT2D eigenvalue weighted by Gasteiger charge is -2.22. The van der Waals surface area contributed by atoms with Gasteiger partial charge in [0.1, 0.15) is 6.33 Å². The summed E-state index contributed by atoms with van der Waals surface area (Å²) < 4.78 is 0. The molecule has 0 saturated carbocycles. The number of nitrogens with zero attached hydrogens (tertiary/aromatic N) is 3. The van der Waals surface area contributed by atoms with Gasteiger partial charge in [-0.2, -0.15) is 10.1 Å². The Bertz CT molecular complexity index is 759. The van der Waals surface area contributed by atoms with Gasteiger partial charge in [-0.3, -0.25) is 24.6 Å². The van der Waals surface area contributed by atoms with Crippen LogP contribution in [-0.4, -0.2) is 44.3 Å². The van der Waals surface area contributed by atoms with Gasteiger partial charge in [-0.1, -0.05) is 30.3 Å². The van der Waals surface area contributed by atoms with Gasteiger partial charge in [0, 0.05) is 19.4 Å². The molecule has 8 heteroatoms. The summed E-state index contributed by atoms with van der Waals surface area (Å²) in [4.78, 5) is 41.8. The Kier molecular flexibility index (Phi) is 4.11. The first-order valence-corrected chi connectivity index (χ1v) is 7.56. The molecule has 1 unspecified atom stereocenters. The summed E-state index contributed by atoms with van der Waals surface area (Å²) in [6.45, 7) is 1.80. The third kappa shape index (κ3) is 2.90. The summed E-state index contributed by atoms with van der Waals surface area (Å²) in [7, 11) is 0. The smallest absolute Gasteiger partial charge is 0.240 e. The van der Waals surface area contributed by atoms with Crippen molar-refractivity contribution in [3.05, 3.63) is 42.2 Å². The van der Waals surface area contributed by atoms with Crippen LogP contribution in [0.25, 0.3) is 0 Å². The van der Waals surface area contributed by atoms with E-state index in [1.54, 1.807) is 6.92 Å². The molecule has 0 radical (unpaired) electrons. The van der Waals surface area contributed by atoms with Crippen molar-refractivity contribution >= 4 is 23.7 Å². The highest BCUT2D eigenvalue weighted by atomic mass is 16.2. The van der Waals surface area contributed by atoms with E-state index in [1.165, 1.54) is 6.33 Å². The summed E-state index contributed by atoms with van der Waals surface area (Å²) in [5, 5.41) is 8.64. The number of likely N-dealkylation sites (tertiary alicyclic amines) is 1. The molecule has 0 spiro atoms. The van der Waals surface area contributed by atoms with Crippen LogP contribution in [-0.2, 0) is 19.8 Å². The van der Waals surface area contributed by atoms with Gasteiger partial charge in [0.05, 0.1) is 5.41 Å². The van der Waals surface area contributed by atoms with Crippen LogP contribution in [0.1, 0.15) is 25.3 Å². The Balaban J connectivity index is 1.65. The lowest BCUT2D eigenvalue weighted by molar-refractivity contribution is -0.139. The quantitative estimate of drug-likeness (QED) is 0.792. The number of hydrogen-bond donors (Lipinski definition) is 2. The number of carbonyl (C=O) groups excluding carboxylic acids is 3. The van der Waals surface area contributed by atoms with E-state index < -0.39 is 5.41 Å². The molecule has 2 heterocycles. The Labute approximate surface area is 138 Å². The number of imide groups is 1. The third-order valence-corrected chi connectivity index (χ3v) is 4.17. The number of aromatic nitrogens is 3. The van der Waals surface area contributed by atoms with Crippen LogP contribution in [0.3, 0.4) is 0 Å². The number of carbonyl (C=O) groups is 3. The van der Waals surface area contributed by atoms with E-state index in [9.17, 15) is 14.4 Å². The molecule has 8 nitrogen and oxygen atoms in total. The van der Waals surface area contributed by atoms with Crippen molar-refractivity contribution in [2.24, 2.45) is 0 Å². The minimum atomic E-state index is -0.875. The molecule has 1 fully saturated rings. The molecule has 2 N–H and O–H groups in total. The Morgan fingerprint density at radius 2 is 2.08 bits per heavy atom. The SMILES string of the molecule is CC1(c2ccccc2)CC(=O)N(CCC(=O)Nc2ncn[nH]2)C1=O. The summed E-state index contributed by atoms with van der Waals surface area (Å²) >= 11 is 0. The van der Waals surface area contributed by atoms with Crippen LogP contribution in [0, 0.1) is 0 Å². The Hall–Kier alpha value is -3.03. The standard InChI is InChI=1S/C16H17N5O3/c1-16(11-5-3-2-4-6-11)9-13(23)21(14(16)24)8-7-12(22)19-15-17-10-18-20-15/h2-6,10H,7-9H2,1H3,(H2,17,18,19,20,22). The second kappa shape index (κ2) is 6.23. The van der Waals surface area contributed by atoms with Gasteiger partial charge in [0.25, 0.3) is 0 Å². The minimum absolute atomic E-state index is 0.00303. The number of H-pyrrole nitrogens is 1. The number of amides is 3. The van der Waals surface area contributed by atoms with Gasteiger partial charge in [-0.25, -0.2) is 5.10 Å². The first kappa shape index (κ1) is 15.9. The third-order valence-electron chi connectivity index (χ3n) is 4.17. The molecule has 3 rings (SSSR count). The zero-order chi connectivity index (χ0) is 17.2. The highest BCUT2D eigenvalue weighted by molar-refractivity contribution is 6.09. The molecule has 1 aromatic heterocycles. The van der Waals surface area contributed by atoms with Gasteiger partial charge in [-0.15, -0.1) is 0 Å². The van der Waals surface area contributed by atoms with E-state index in [-0.39, 0.29) is 43.1 Å². The fourth-order valence-corrected chi connectivity index (χ4v) is 2.82. The molecule has 1 aromatic carbocycles. The molecule has 0 bridgehead atoms. The monoisotopic (exact) mass is 327 g/mol. The summed E-state index contributed by atoms with van der Waals surface area (Å²) in [6, 6.07) is 9.22. The molecular weight excluding hydrogens is 310 g/mol. The number of hydrogen-bond acceptors (Lipinski definition) is 5. The number of rotatable bonds is 5. The topological polar surface area (TPSA) is 108 Å². The van der Waals surface area contributed by atoms with E-state index in [0.717, 1.165) is 10.5 Å². The fourth-order valence-electron chi connectivity index (χ4n) is 2.82. The second-order valence-corrected chi connectivity index (χ2v) is 5.86. The molecule has 1 atom stereocenters. The van der Waals surface area contributed by atoms with Crippen molar-refractivity contribution in [2.75, 3.05) is 11.9 Å². The van der Waals surface area contributed by atoms with Crippen molar-refractivity contribution in [1.29, 1.82) is 0 Å². The van der Waals surface area contributed by atoms with E-state index in [4.69, 9.17) is 0 Å². The van der Waals surface area contributed by atoms with Gasteiger partial charge in [0.2, 0.25) is 23.7 Å². The molecule has 0 aliphatic carbocycles. The average Bonchev–Trinajstić information content (AvgIpc) is 3.15. The highest BCUT2D eigenvalue weighted by Crippen LogP contribution is 2.36. The van der Waals surface area contributed by atoms with Gasteiger partial charge < -0.3 is 0 Å². The van der Waals surface area contributed by atoms with Crippen LogP contribution >= 0.6 is 0 Å². The lowest BCUT2D eigenvalue weighted by Crippen LogP contribution is -2.38. The Morgan fingerprint density at radius 1 is 1.33 bits per heavy atom. The van der Waals surface area contributed by atoms with E-state index in [0.29, 0.717) is 0 Å². The van der Waals surface area contributed by atoms with Crippen LogP contribution in [0.5, 0.6) is 0 Å². The maximum atomic E-state index is 12.7. The van der Waals surface area contributed by atoms with Crippen molar-refractivity contribution in [1.82, 2.24) is 20.1 Å². The number of benzene rings is 1. The molecule has 2 aromatic rings. The largest absolute Gasteiger partial charge is 0.295 e. The molecule has 3 amide bonds. The normalized spacial score (nSPS) is 20.5. The van der Waals surface area contributed by atoms with Crippen LogP contribution < -0.4 is 5.32 Å². The van der Waals surface area contributed by atoms with Gasteiger partial charge in [0.15, 0.2) is 0 Å². The summed E-state index contributed by atoms with van der Waals surface area (Å²) in [6.07, 6.45) is 1.39. The van der Waals surface area contributed by atoms with Crippen LogP contribution in [0.2, 0.25) is 0 Å².